The van der Waals surface area contributed by atoms with Crippen molar-refractivity contribution in [1.82, 2.24) is 4.98 Å². The number of nitro benzene ring substituents is 1. The Hall–Kier alpha value is -4.74. The Balaban J connectivity index is 1.15. The Morgan fingerprint density at radius 3 is 2.52 bits per heavy atom. The van der Waals surface area contributed by atoms with Gasteiger partial charge >= 0.3 is 5.97 Å². The number of esters is 1. The first-order chi connectivity index (χ1) is 22.0. The van der Waals surface area contributed by atoms with Crippen LogP contribution in [-0.4, -0.2) is 40.1 Å². The van der Waals surface area contributed by atoms with E-state index in [-0.39, 0.29) is 51.6 Å². The minimum Gasteiger partial charge on any atom is -0.454 e. The molecule has 3 aromatic carbocycles. The summed E-state index contributed by atoms with van der Waals surface area (Å²) >= 11 is 9.26. The molecule has 4 unspecified atom stereocenters. The molecule has 230 valence electrons. The molecular formula is C34H23BrClN3O7. The van der Waals surface area contributed by atoms with Crippen molar-refractivity contribution in [3.8, 4) is 11.3 Å². The summed E-state index contributed by atoms with van der Waals surface area (Å²) in [5.41, 5.74) is 2.92. The fraction of sp³-hybridized carbons (Fsp3) is 0.206. The second-order valence-corrected chi connectivity index (χ2v) is 13.0. The smallest absolute Gasteiger partial charge is 0.339 e. The molecule has 2 amide bonds. The molecule has 2 aliphatic carbocycles. The standard InChI is InChI=1S/C34H23BrClN3O7/c1-16-10-19-11-22(16)31-30(19)32(41)38(33(31)42)21-6-2-17(3-7-21)27-14-24(23-13-20(35)5-9-26(23)37-27)34(43)46-15-29(40)18-4-8-25(36)28(12-18)39(44)45/h2-10,12-14,19,22,30-31H,11,15H2,1H3. The lowest BCUT2D eigenvalue weighted by Crippen LogP contribution is -2.32. The first-order valence-corrected chi connectivity index (χ1v) is 15.6. The predicted octanol–water partition coefficient (Wildman–Crippen LogP) is 6.97. The zero-order chi connectivity index (χ0) is 32.4. The van der Waals surface area contributed by atoms with Crippen molar-refractivity contribution in [3.63, 3.8) is 0 Å². The third-order valence-electron chi connectivity index (χ3n) is 9.09. The average molecular weight is 701 g/mol. The molecular weight excluding hydrogens is 678 g/mol. The number of allylic oxidation sites excluding steroid dienone is 2. The number of amides is 2. The number of pyridine rings is 1. The molecule has 0 N–H and O–H groups in total. The highest BCUT2D eigenvalue weighted by Crippen LogP contribution is 2.56. The van der Waals surface area contributed by atoms with Gasteiger partial charge in [0.2, 0.25) is 17.6 Å². The van der Waals surface area contributed by atoms with Gasteiger partial charge in [-0.3, -0.25) is 29.4 Å². The van der Waals surface area contributed by atoms with Gasteiger partial charge in [-0.15, -0.1) is 0 Å². The van der Waals surface area contributed by atoms with Crippen molar-refractivity contribution in [3.05, 3.63) is 109 Å². The third kappa shape index (κ3) is 4.90. The van der Waals surface area contributed by atoms with E-state index in [4.69, 9.17) is 21.3 Å². The summed E-state index contributed by atoms with van der Waals surface area (Å²) in [6.45, 7) is 1.37. The van der Waals surface area contributed by atoms with Crippen LogP contribution in [0.4, 0.5) is 11.4 Å². The molecule has 4 atom stereocenters. The first kappa shape index (κ1) is 29.9. The number of rotatable bonds is 7. The molecule has 2 fully saturated rings. The minimum absolute atomic E-state index is 0.0235. The number of nitro groups is 1. The zero-order valence-corrected chi connectivity index (χ0v) is 26.4. The normalized spacial score (nSPS) is 21.5. The minimum atomic E-state index is -0.793. The van der Waals surface area contributed by atoms with Gasteiger partial charge < -0.3 is 4.74 Å². The maximum Gasteiger partial charge on any atom is 0.339 e. The molecule has 12 heteroatoms. The molecule has 1 saturated carbocycles. The summed E-state index contributed by atoms with van der Waals surface area (Å²) < 4.78 is 6.07. The molecule has 2 bridgehead atoms. The molecule has 1 saturated heterocycles. The van der Waals surface area contributed by atoms with Crippen molar-refractivity contribution in [2.24, 2.45) is 23.7 Å². The van der Waals surface area contributed by atoms with E-state index in [0.717, 1.165) is 12.5 Å². The van der Waals surface area contributed by atoms with Crippen LogP contribution in [0.1, 0.15) is 34.1 Å². The van der Waals surface area contributed by atoms with E-state index < -0.39 is 29.0 Å². The van der Waals surface area contributed by atoms with Gasteiger partial charge in [-0.1, -0.05) is 51.3 Å². The van der Waals surface area contributed by atoms with Crippen LogP contribution in [0.5, 0.6) is 0 Å². The number of hydrogen-bond donors (Lipinski definition) is 0. The largest absolute Gasteiger partial charge is 0.454 e. The number of hydrogen-bond acceptors (Lipinski definition) is 8. The summed E-state index contributed by atoms with van der Waals surface area (Å²) in [5, 5.41) is 11.6. The number of benzene rings is 3. The maximum absolute atomic E-state index is 13.4. The molecule has 4 aromatic rings. The number of imide groups is 1. The van der Waals surface area contributed by atoms with E-state index >= 15 is 0 Å². The van der Waals surface area contributed by atoms with Crippen molar-refractivity contribution in [2.45, 2.75) is 13.3 Å². The van der Waals surface area contributed by atoms with E-state index in [0.29, 0.717) is 32.3 Å². The van der Waals surface area contributed by atoms with Gasteiger partial charge in [-0.25, -0.2) is 9.78 Å². The molecule has 0 spiro atoms. The van der Waals surface area contributed by atoms with Crippen LogP contribution < -0.4 is 4.90 Å². The summed E-state index contributed by atoms with van der Waals surface area (Å²) in [6.07, 6.45) is 2.99. The molecule has 0 radical (unpaired) electrons. The molecule has 3 aliphatic rings. The molecule has 46 heavy (non-hydrogen) atoms. The second kappa shape index (κ2) is 11.3. The Bertz CT molecular complexity index is 2060. The molecule has 1 aliphatic heterocycles. The topological polar surface area (TPSA) is 137 Å². The number of aromatic nitrogens is 1. The lowest BCUT2D eigenvalue weighted by atomic mass is 9.82. The number of nitrogens with zero attached hydrogens (tertiary/aromatic N) is 3. The lowest BCUT2D eigenvalue weighted by molar-refractivity contribution is -0.384. The van der Waals surface area contributed by atoms with Crippen molar-refractivity contribution < 1.29 is 28.8 Å². The summed E-state index contributed by atoms with van der Waals surface area (Å²) in [4.78, 5) is 69.4. The lowest BCUT2D eigenvalue weighted by Gasteiger charge is -2.19. The average Bonchev–Trinajstić information content (AvgIpc) is 3.68. The van der Waals surface area contributed by atoms with Gasteiger partial charge in [0.05, 0.1) is 39.2 Å². The van der Waals surface area contributed by atoms with Gasteiger partial charge in [0.25, 0.3) is 5.69 Å². The highest BCUT2D eigenvalue weighted by molar-refractivity contribution is 9.10. The van der Waals surface area contributed by atoms with E-state index in [9.17, 15) is 29.3 Å². The van der Waals surface area contributed by atoms with Gasteiger partial charge in [-0.2, -0.15) is 0 Å². The van der Waals surface area contributed by atoms with E-state index in [1.54, 1.807) is 48.5 Å². The van der Waals surface area contributed by atoms with Crippen LogP contribution in [0.2, 0.25) is 5.02 Å². The van der Waals surface area contributed by atoms with Gasteiger partial charge in [0, 0.05) is 27.1 Å². The van der Waals surface area contributed by atoms with Crippen LogP contribution in [0.15, 0.2) is 82.9 Å². The van der Waals surface area contributed by atoms with Crippen LogP contribution >= 0.6 is 27.5 Å². The highest BCUT2D eigenvalue weighted by Gasteiger charge is 2.60. The molecule has 7 rings (SSSR count). The first-order valence-electron chi connectivity index (χ1n) is 14.4. The van der Waals surface area contributed by atoms with Crippen molar-refractivity contribution in [1.29, 1.82) is 0 Å². The fourth-order valence-corrected chi connectivity index (χ4v) is 7.49. The number of fused-ring (bicyclic) bond motifs is 6. The van der Waals surface area contributed by atoms with Crippen LogP contribution in [0, 0.1) is 33.8 Å². The van der Waals surface area contributed by atoms with Crippen molar-refractivity contribution >= 4 is 73.4 Å². The number of halogens is 2. The van der Waals surface area contributed by atoms with Crippen molar-refractivity contribution in [2.75, 3.05) is 11.5 Å². The second-order valence-electron chi connectivity index (χ2n) is 11.7. The Labute approximate surface area is 275 Å². The summed E-state index contributed by atoms with van der Waals surface area (Å²) in [5.74, 6) is -2.15. The summed E-state index contributed by atoms with van der Waals surface area (Å²) in [6, 6.07) is 17.2. The Morgan fingerprint density at radius 2 is 1.78 bits per heavy atom. The third-order valence-corrected chi connectivity index (χ3v) is 9.90. The van der Waals surface area contributed by atoms with Gasteiger partial charge in [-0.05, 0) is 73.7 Å². The van der Waals surface area contributed by atoms with E-state index in [1.165, 1.54) is 22.6 Å². The zero-order valence-electron chi connectivity index (χ0n) is 24.1. The van der Waals surface area contributed by atoms with Crippen LogP contribution in [0.3, 0.4) is 0 Å². The fourth-order valence-electron chi connectivity index (χ4n) is 6.94. The van der Waals surface area contributed by atoms with Crippen LogP contribution in [-0.2, 0) is 14.3 Å². The van der Waals surface area contributed by atoms with E-state index in [2.05, 4.69) is 22.0 Å². The Kier molecular flexibility index (Phi) is 7.32. The monoisotopic (exact) mass is 699 g/mol. The highest BCUT2D eigenvalue weighted by atomic mass is 79.9. The maximum atomic E-state index is 13.4. The van der Waals surface area contributed by atoms with E-state index in [1.807, 2.05) is 6.92 Å². The van der Waals surface area contributed by atoms with Gasteiger partial charge in [0.1, 0.15) is 5.02 Å². The number of Topliss-reactive ketones (excluding diaryl/α,β-unsaturated/α-hetero) is 1. The van der Waals surface area contributed by atoms with Gasteiger partial charge in [0.15, 0.2) is 6.61 Å². The Morgan fingerprint density at radius 1 is 1.04 bits per heavy atom. The summed E-state index contributed by atoms with van der Waals surface area (Å²) in [7, 11) is 0. The SMILES string of the molecule is CC1=CC2CC1C1C(=O)N(c3ccc(-c4cc(C(=O)OCC(=O)c5ccc(Cl)c([N+](=O)[O-])c5)c5cc(Br)ccc5n4)cc3)C(=O)C21. The number of anilines is 1. The van der Waals surface area contributed by atoms with Crippen LogP contribution in [0.25, 0.3) is 22.2 Å². The quantitative estimate of drug-likeness (QED) is 0.0504. The number of ether oxygens (including phenoxy) is 1. The number of carbonyl (C=O) groups excluding carboxylic acids is 4. The molecule has 1 aromatic heterocycles. The predicted molar refractivity (Wildman–Crippen MR) is 172 cm³/mol. The molecule has 2 heterocycles. The molecule has 10 nitrogen and oxygen atoms in total. The number of carbonyl (C=O) groups is 4. The number of ketones is 1.